The Kier molecular flexibility index (Phi) is 9.22. The fraction of sp³-hybridized carbons (Fsp3) is 0.765. The van der Waals surface area contributed by atoms with Crippen LogP contribution in [0, 0.1) is 5.41 Å². The van der Waals surface area contributed by atoms with Gasteiger partial charge in [0, 0.05) is 25.8 Å². The van der Waals surface area contributed by atoms with Crippen LogP contribution in [0.2, 0.25) is 0 Å². The van der Waals surface area contributed by atoms with Gasteiger partial charge in [0.05, 0.1) is 18.6 Å². The SMILES string of the molecule is CCCCC(=O)NCCOOCCC(C)(C)C(=O)ON1C(=O)CCC1=O. The van der Waals surface area contributed by atoms with E-state index in [0.29, 0.717) is 18.0 Å². The molecule has 0 atom stereocenters. The third-order valence-electron chi connectivity index (χ3n) is 3.89. The Bertz CT molecular complexity index is 503. The molecule has 1 heterocycles. The van der Waals surface area contributed by atoms with Crippen LogP contribution in [0.1, 0.15) is 59.3 Å². The monoisotopic (exact) mass is 372 g/mol. The van der Waals surface area contributed by atoms with Crippen molar-refractivity contribution in [2.45, 2.75) is 59.3 Å². The van der Waals surface area contributed by atoms with Gasteiger partial charge in [-0.1, -0.05) is 13.3 Å². The summed E-state index contributed by atoms with van der Waals surface area (Å²) in [6.07, 6.45) is 2.69. The molecule has 0 unspecified atom stereocenters. The molecule has 0 saturated carbocycles. The molecule has 0 bridgehead atoms. The molecule has 1 N–H and O–H groups in total. The predicted octanol–water partition coefficient (Wildman–Crippen LogP) is 1.26. The standard InChI is InChI=1S/C17H28N2O7/c1-4-5-6-13(20)18-10-12-25-24-11-9-17(2,3)16(23)26-19-14(21)7-8-15(19)22/h4-12H2,1-3H3,(H,18,20). The molecule has 0 radical (unpaired) electrons. The van der Waals surface area contributed by atoms with Crippen LogP contribution in [0.5, 0.6) is 0 Å². The molecule has 0 aromatic heterocycles. The van der Waals surface area contributed by atoms with Crippen molar-refractivity contribution in [3.05, 3.63) is 0 Å². The average molecular weight is 372 g/mol. The van der Waals surface area contributed by atoms with Crippen LogP contribution in [0.4, 0.5) is 0 Å². The fourth-order valence-electron chi connectivity index (χ4n) is 2.04. The summed E-state index contributed by atoms with van der Waals surface area (Å²) in [6.45, 7) is 5.91. The van der Waals surface area contributed by atoms with Crippen molar-refractivity contribution in [1.82, 2.24) is 10.4 Å². The summed E-state index contributed by atoms with van der Waals surface area (Å²) in [7, 11) is 0. The van der Waals surface area contributed by atoms with Crippen molar-refractivity contribution in [3.63, 3.8) is 0 Å². The van der Waals surface area contributed by atoms with Gasteiger partial charge in [-0.15, -0.1) is 5.06 Å². The second-order valence-electron chi connectivity index (χ2n) is 6.69. The van der Waals surface area contributed by atoms with Gasteiger partial charge in [0.2, 0.25) is 5.91 Å². The van der Waals surface area contributed by atoms with Crippen LogP contribution in [0.3, 0.4) is 0 Å². The molecular weight excluding hydrogens is 344 g/mol. The van der Waals surface area contributed by atoms with Gasteiger partial charge in [-0.3, -0.25) is 14.4 Å². The predicted molar refractivity (Wildman–Crippen MR) is 90.0 cm³/mol. The largest absolute Gasteiger partial charge is 0.354 e. The number of hydrogen-bond acceptors (Lipinski definition) is 7. The molecule has 9 heteroatoms. The molecule has 1 aliphatic heterocycles. The number of hydrogen-bond donors (Lipinski definition) is 1. The second kappa shape index (κ2) is 10.9. The molecule has 26 heavy (non-hydrogen) atoms. The lowest BCUT2D eigenvalue weighted by Gasteiger charge is -2.24. The number of hydroxylamine groups is 2. The number of imide groups is 1. The molecule has 1 rings (SSSR count). The third-order valence-corrected chi connectivity index (χ3v) is 3.89. The van der Waals surface area contributed by atoms with E-state index in [4.69, 9.17) is 14.6 Å². The van der Waals surface area contributed by atoms with Crippen molar-refractivity contribution in [2.24, 2.45) is 5.41 Å². The summed E-state index contributed by atoms with van der Waals surface area (Å²) >= 11 is 0. The Balaban J connectivity index is 2.16. The maximum Gasteiger partial charge on any atom is 0.338 e. The van der Waals surface area contributed by atoms with E-state index in [1.807, 2.05) is 6.92 Å². The zero-order valence-electron chi connectivity index (χ0n) is 15.7. The zero-order chi connectivity index (χ0) is 19.6. The molecule has 1 aliphatic rings. The summed E-state index contributed by atoms with van der Waals surface area (Å²) < 4.78 is 0. The molecule has 0 spiro atoms. The molecule has 3 amide bonds. The number of rotatable bonds is 12. The van der Waals surface area contributed by atoms with E-state index in [0.717, 1.165) is 12.8 Å². The van der Waals surface area contributed by atoms with Crippen LogP contribution >= 0.6 is 0 Å². The van der Waals surface area contributed by atoms with Crippen LogP contribution in [-0.2, 0) is 33.8 Å². The molecule has 1 saturated heterocycles. The highest BCUT2D eigenvalue weighted by molar-refractivity contribution is 6.01. The van der Waals surface area contributed by atoms with Gasteiger partial charge < -0.3 is 10.2 Å². The number of carbonyl (C=O) groups is 4. The van der Waals surface area contributed by atoms with Gasteiger partial charge in [0.15, 0.2) is 0 Å². The molecule has 0 aromatic carbocycles. The number of unbranched alkanes of at least 4 members (excludes halogenated alkanes) is 1. The fourth-order valence-corrected chi connectivity index (χ4v) is 2.04. The van der Waals surface area contributed by atoms with Gasteiger partial charge >= 0.3 is 5.97 Å². The van der Waals surface area contributed by atoms with Crippen LogP contribution in [0.15, 0.2) is 0 Å². The van der Waals surface area contributed by atoms with E-state index < -0.39 is 23.2 Å². The smallest absolute Gasteiger partial charge is 0.338 e. The average Bonchev–Trinajstić information content (AvgIpc) is 2.90. The quantitative estimate of drug-likeness (QED) is 0.238. The number of nitrogens with one attached hydrogen (secondary N) is 1. The highest BCUT2D eigenvalue weighted by atomic mass is 17.2. The van der Waals surface area contributed by atoms with Crippen molar-refractivity contribution < 1.29 is 33.8 Å². The lowest BCUT2D eigenvalue weighted by atomic mass is 9.90. The maximum atomic E-state index is 12.1. The van der Waals surface area contributed by atoms with E-state index in [-0.39, 0.29) is 38.4 Å². The molecule has 0 aromatic rings. The van der Waals surface area contributed by atoms with Crippen LogP contribution < -0.4 is 5.32 Å². The first kappa shape index (κ1) is 22.0. The minimum atomic E-state index is -0.957. The minimum absolute atomic E-state index is 0.0228. The molecular formula is C17H28N2O7. The topological polar surface area (TPSA) is 111 Å². The summed E-state index contributed by atoms with van der Waals surface area (Å²) in [5, 5.41) is 3.23. The number of carbonyl (C=O) groups excluding carboxylic acids is 4. The van der Waals surface area contributed by atoms with Gasteiger partial charge in [0.25, 0.3) is 11.8 Å². The van der Waals surface area contributed by atoms with E-state index in [1.54, 1.807) is 13.8 Å². The van der Waals surface area contributed by atoms with E-state index in [9.17, 15) is 19.2 Å². The molecule has 148 valence electrons. The highest BCUT2D eigenvalue weighted by Gasteiger charge is 2.37. The first-order valence-electron chi connectivity index (χ1n) is 8.87. The lowest BCUT2D eigenvalue weighted by Crippen LogP contribution is -2.38. The third kappa shape index (κ3) is 7.49. The van der Waals surface area contributed by atoms with Gasteiger partial charge in [0.1, 0.15) is 0 Å². The minimum Gasteiger partial charge on any atom is -0.354 e. The molecule has 9 nitrogen and oxygen atoms in total. The second-order valence-corrected chi connectivity index (χ2v) is 6.69. The highest BCUT2D eigenvalue weighted by Crippen LogP contribution is 2.24. The molecule has 1 fully saturated rings. The van der Waals surface area contributed by atoms with Gasteiger partial charge in [-0.25, -0.2) is 14.6 Å². The van der Waals surface area contributed by atoms with Crippen LogP contribution in [-0.4, -0.2) is 48.5 Å². The van der Waals surface area contributed by atoms with Crippen LogP contribution in [0.25, 0.3) is 0 Å². The van der Waals surface area contributed by atoms with Crippen molar-refractivity contribution in [1.29, 1.82) is 0 Å². The Morgan fingerprint density at radius 2 is 1.73 bits per heavy atom. The summed E-state index contributed by atoms with van der Waals surface area (Å²) in [5.74, 6) is -1.74. The van der Waals surface area contributed by atoms with Gasteiger partial charge in [-0.2, -0.15) is 0 Å². The Morgan fingerprint density at radius 3 is 2.35 bits per heavy atom. The Labute approximate surface area is 153 Å². The first-order chi connectivity index (χ1) is 12.3. The lowest BCUT2D eigenvalue weighted by molar-refractivity contribution is -0.295. The van der Waals surface area contributed by atoms with E-state index in [1.165, 1.54) is 0 Å². The first-order valence-corrected chi connectivity index (χ1v) is 8.87. The maximum absolute atomic E-state index is 12.1. The van der Waals surface area contributed by atoms with E-state index in [2.05, 4.69) is 5.32 Å². The molecule has 0 aliphatic carbocycles. The zero-order valence-corrected chi connectivity index (χ0v) is 15.7. The summed E-state index contributed by atoms with van der Waals surface area (Å²) in [6, 6.07) is 0. The normalized spacial score (nSPS) is 14.7. The number of amides is 3. The van der Waals surface area contributed by atoms with E-state index >= 15 is 0 Å². The van der Waals surface area contributed by atoms with Crippen molar-refractivity contribution in [2.75, 3.05) is 19.8 Å². The van der Waals surface area contributed by atoms with Gasteiger partial charge in [-0.05, 0) is 26.7 Å². The number of nitrogens with zero attached hydrogens (tertiary/aromatic N) is 1. The van der Waals surface area contributed by atoms with Crippen molar-refractivity contribution in [3.8, 4) is 0 Å². The van der Waals surface area contributed by atoms with Crippen molar-refractivity contribution >= 4 is 23.7 Å². The summed E-state index contributed by atoms with van der Waals surface area (Å²) in [5.41, 5.74) is -0.957. The Morgan fingerprint density at radius 1 is 1.12 bits per heavy atom. The summed E-state index contributed by atoms with van der Waals surface area (Å²) in [4.78, 5) is 61.3. The Hall–Kier alpha value is -2.00.